The molecule has 2 fully saturated rings. The molecule has 1 saturated carbocycles. The van der Waals surface area contributed by atoms with Crippen LogP contribution in [0.1, 0.15) is 50.4 Å². The van der Waals surface area contributed by atoms with Gasteiger partial charge >= 0.3 is 0 Å². The third kappa shape index (κ3) is 2.60. The Bertz CT molecular complexity index is 435. The maximum absolute atomic E-state index is 5.77. The average Bonchev–Trinajstić information content (AvgIpc) is 3.00. The van der Waals surface area contributed by atoms with Crippen molar-refractivity contribution < 1.29 is 14.0 Å². The van der Waals surface area contributed by atoms with Crippen molar-refractivity contribution in [2.75, 3.05) is 26.8 Å². The maximum atomic E-state index is 5.77. The molecule has 0 spiro atoms. The van der Waals surface area contributed by atoms with Crippen LogP contribution in [0, 0.1) is 5.92 Å². The zero-order valence-electron chi connectivity index (χ0n) is 12.2. The van der Waals surface area contributed by atoms with E-state index in [9.17, 15) is 0 Å². The summed E-state index contributed by atoms with van der Waals surface area (Å²) < 4.78 is 16.8. The molecule has 1 aliphatic carbocycles. The van der Waals surface area contributed by atoms with Gasteiger partial charge in [-0.25, -0.2) is 0 Å². The number of hydrogen-bond acceptors (Lipinski definition) is 6. The molecule has 1 atom stereocenters. The van der Waals surface area contributed by atoms with Crippen LogP contribution in [0.15, 0.2) is 4.52 Å². The quantitative estimate of drug-likeness (QED) is 0.911. The molecule has 3 rings (SSSR count). The van der Waals surface area contributed by atoms with E-state index in [2.05, 4.69) is 22.4 Å². The highest BCUT2D eigenvalue weighted by Crippen LogP contribution is 2.41. The van der Waals surface area contributed by atoms with Crippen LogP contribution < -0.4 is 5.32 Å². The van der Waals surface area contributed by atoms with Gasteiger partial charge in [0.25, 0.3) is 5.89 Å². The molecule has 20 heavy (non-hydrogen) atoms. The van der Waals surface area contributed by atoms with Gasteiger partial charge in [0.05, 0.1) is 6.61 Å². The molecular formula is C14H23N3O3. The van der Waals surface area contributed by atoms with Crippen molar-refractivity contribution in [3.8, 4) is 0 Å². The van der Waals surface area contributed by atoms with Gasteiger partial charge < -0.3 is 19.3 Å². The fourth-order valence-corrected chi connectivity index (χ4v) is 3.02. The summed E-state index contributed by atoms with van der Waals surface area (Å²) in [4.78, 5) is 4.56. The summed E-state index contributed by atoms with van der Waals surface area (Å²) in [5, 5.41) is 7.43. The van der Waals surface area contributed by atoms with E-state index in [1.807, 2.05) is 0 Å². The summed E-state index contributed by atoms with van der Waals surface area (Å²) in [6, 6.07) is 0. The van der Waals surface area contributed by atoms with Gasteiger partial charge in [0.1, 0.15) is 11.7 Å². The Hall–Kier alpha value is -0.980. The van der Waals surface area contributed by atoms with Crippen molar-refractivity contribution in [2.45, 2.75) is 44.3 Å². The molecule has 2 aliphatic rings. The lowest BCUT2D eigenvalue weighted by atomic mass is 9.79. The van der Waals surface area contributed by atoms with E-state index in [0.29, 0.717) is 18.3 Å². The Morgan fingerprint density at radius 2 is 2.15 bits per heavy atom. The first-order valence-electron chi connectivity index (χ1n) is 7.45. The third-order valence-corrected chi connectivity index (χ3v) is 4.52. The summed E-state index contributed by atoms with van der Waals surface area (Å²) in [7, 11) is 1.74. The Balaban J connectivity index is 1.77. The minimum absolute atomic E-state index is 0.138. The molecule has 2 heterocycles. The van der Waals surface area contributed by atoms with Crippen molar-refractivity contribution in [3.63, 3.8) is 0 Å². The second kappa shape index (κ2) is 5.79. The molecule has 1 aliphatic heterocycles. The van der Waals surface area contributed by atoms with Crippen molar-refractivity contribution in [3.05, 3.63) is 11.7 Å². The van der Waals surface area contributed by atoms with Gasteiger partial charge in [-0.2, -0.15) is 4.98 Å². The zero-order valence-corrected chi connectivity index (χ0v) is 12.2. The second-order valence-corrected chi connectivity index (χ2v) is 5.90. The largest absolute Gasteiger partial charge is 0.370 e. The monoisotopic (exact) mass is 281 g/mol. The van der Waals surface area contributed by atoms with E-state index >= 15 is 0 Å². The van der Waals surface area contributed by atoms with E-state index in [1.54, 1.807) is 7.11 Å². The highest BCUT2D eigenvalue weighted by Gasteiger charge is 2.40. The molecule has 1 saturated heterocycles. The number of ether oxygens (including phenoxy) is 2. The van der Waals surface area contributed by atoms with Gasteiger partial charge in [0.2, 0.25) is 5.82 Å². The van der Waals surface area contributed by atoms with Crippen LogP contribution >= 0.6 is 0 Å². The molecule has 112 valence electrons. The topological polar surface area (TPSA) is 69.4 Å². The minimum Gasteiger partial charge on any atom is -0.370 e. The van der Waals surface area contributed by atoms with Gasteiger partial charge in [0, 0.05) is 20.2 Å². The molecule has 1 aromatic rings. The first-order chi connectivity index (χ1) is 9.73. The van der Waals surface area contributed by atoms with E-state index in [4.69, 9.17) is 14.0 Å². The Kier molecular flexibility index (Phi) is 4.05. The Morgan fingerprint density at radius 1 is 1.35 bits per heavy atom. The van der Waals surface area contributed by atoms with E-state index in [1.165, 1.54) is 0 Å². The number of aromatic nitrogens is 2. The molecule has 0 amide bonds. The standard InChI is InChI=1S/C14H23N3O3/c1-10-3-5-14(18-2,6-4-10)13-16-12(20-17-13)11-9-15-7-8-19-11/h10-11,15H,3-9H2,1-2H3. The Morgan fingerprint density at radius 3 is 2.80 bits per heavy atom. The van der Waals surface area contributed by atoms with Gasteiger partial charge in [0.15, 0.2) is 0 Å². The molecule has 1 N–H and O–H groups in total. The molecule has 0 radical (unpaired) electrons. The SMILES string of the molecule is COC1(c2noc(C3CNCCO3)n2)CCC(C)CC1. The molecule has 6 heteroatoms. The van der Waals surface area contributed by atoms with Crippen molar-refractivity contribution in [1.82, 2.24) is 15.5 Å². The van der Waals surface area contributed by atoms with Crippen LogP contribution in [0.3, 0.4) is 0 Å². The highest BCUT2D eigenvalue weighted by atomic mass is 16.5. The first kappa shape index (κ1) is 14.0. The van der Waals surface area contributed by atoms with Gasteiger partial charge in [-0.05, 0) is 31.6 Å². The van der Waals surface area contributed by atoms with Crippen molar-refractivity contribution in [2.24, 2.45) is 5.92 Å². The highest BCUT2D eigenvalue weighted by molar-refractivity contribution is 5.05. The van der Waals surface area contributed by atoms with Crippen molar-refractivity contribution >= 4 is 0 Å². The average molecular weight is 281 g/mol. The van der Waals surface area contributed by atoms with Gasteiger partial charge in [-0.3, -0.25) is 0 Å². The van der Waals surface area contributed by atoms with Crippen LogP contribution in [0.2, 0.25) is 0 Å². The van der Waals surface area contributed by atoms with Gasteiger partial charge in [-0.15, -0.1) is 0 Å². The lowest BCUT2D eigenvalue weighted by Gasteiger charge is -2.35. The lowest BCUT2D eigenvalue weighted by molar-refractivity contribution is -0.0609. The summed E-state index contributed by atoms with van der Waals surface area (Å²) in [5.41, 5.74) is -0.379. The number of morpholine rings is 1. The molecule has 1 aromatic heterocycles. The van der Waals surface area contributed by atoms with E-state index in [0.717, 1.165) is 44.7 Å². The van der Waals surface area contributed by atoms with Crippen LogP contribution in [-0.2, 0) is 15.1 Å². The fraction of sp³-hybridized carbons (Fsp3) is 0.857. The fourth-order valence-electron chi connectivity index (χ4n) is 3.02. The predicted molar refractivity (Wildman–Crippen MR) is 72.2 cm³/mol. The Labute approximate surface area is 119 Å². The van der Waals surface area contributed by atoms with Crippen LogP contribution in [0.4, 0.5) is 0 Å². The van der Waals surface area contributed by atoms with Crippen molar-refractivity contribution in [1.29, 1.82) is 0 Å². The summed E-state index contributed by atoms with van der Waals surface area (Å²) >= 11 is 0. The number of hydrogen-bond donors (Lipinski definition) is 1. The first-order valence-corrected chi connectivity index (χ1v) is 7.45. The molecule has 1 unspecified atom stereocenters. The molecule has 0 aromatic carbocycles. The maximum Gasteiger partial charge on any atom is 0.257 e. The van der Waals surface area contributed by atoms with E-state index in [-0.39, 0.29) is 11.7 Å². The predicted octanol–water partition coefficient (Wildman–Crippen LogP) is 1.78. The summed E-state index contributed by atoms with van der Waals surface area (Å²) in [5.74, 6) is 1.98. The molecular weight excluding hydrogens is 258 g/mol. The summed E-state index contributed by atoms with van der Waals surface area (Å²) in [6.45, 7) is 4.55. The zero-order chi connectivity index (χ0) is 14.0. The van der Waals surface area contributed by atoms with Crippen LogP contribution in [0.5, 0.6) is 0 Å². The molecule has 0 bridgehead atoms. The lowest BCUT2D eigenvalue weighted by Crippen LogP contribution is -2.35. The second-order valence-electron chi connectivity index (χ2n) is 5.90. The number of rotatable bonds is 3. The van der Waals surface area contributed by atoms with Crippen LogP contribution in [-0.4, -0.2) is 36.9 Å². The third-order valence-electron chi connectivity index (χ3n) is 4.52. The van der Waals surface area contributed by atoms with Crippen LogP contribution in [0.25, 0.3) is 0 Å². The van der Waals surface area contributed by atoms with E-state index < -0.39 is 0 Å². The smallest absolute Gasteiger partial charge is 0.257 e. The number of methoxy groups -OCH3 is 1. The summed E-state index contributed by atoms with van der Waals surface area (Å²) in [6.07, 6.45) is 4.04. The van der Waals surface area contributed by atoms with Gasteiger partial charge in [-0.1, -0.05) is 12.1 Å². The minimum atomic E-state index is -0.379. The normalized spacial score (nSPS) is 35.1. The number of nitrogens with zero attached hydrogens (tertiary/aromatic N) is 2. The number of nitrogens with one attached hydrogen (secondary N) is 1. The molecule has 6 nitrogen and oxygen atoms in total.